The van der Waals surface area contributed by atoms with Gasteiger partial charge < -0.3 is 0 Å². The van der Waals surface area contributed by atoms with Gasteiger partial charge in [-0.15, -0.1) is 0 Å². The predicted octanol–water partition coefficient (Wildman–Crippen LogP) is 7.58. The summed E-state index contributed by atoms with van der Waals surface area (Å²) in [6, 6.07) is 27.6. The first kappa shape index (κ1) is 18.1. The molecule has 0 saturated carbocycles. The molecule has 4 aromatic rings. The molecule has 0 fully saturated rings. The molecule has 0 aliphatic carbocycles. The molecule has 0 aliphatic heterocycles. The van der Waals surface area contributed by atoms with Crippen LogP contribution in [0, 0.1) is 25.5 Å². The number of benzene rings is 4. The summed E-state index contributed by atoms with van der Waals surface area (Å²) in [7, 11) is 0. The number of aryl methyl sites for hydroxylation is 2. The van der Waals surface area contributed by atoms with Gasteiger partial charge in [-0.25, -0.2) is 8.78 Å². The third-order valence-electron chi connectivity index (χ3n) is 5.07. The summed E-state index contributed by atoms with van der Waals surface area (Å²) in [4.78, 5) is 0. The molecule has 4 aromatic carbocycles. The number of halogens is 2. The minimum absolute atomic E-state index is 0.282. The fourth-order valence-electron chi connectivity index (χ4n) is 3.31. The predicted molar refractivity (Wildman–Crippen MR) is 112 cm³/mol. The normalized spacial score (nSPS) is 10.9. The lowest BCUT2D eigenvalue weighted by molar-refractivity contribution is 0.505. The highest BCUT2D eigenvalue weighted by Crippen LogP contribution is 2.30. The number of hydrogen-bond donors (Lipinski definition) is 0. The third-order valence-corrected chi connectivity index (χ3v) is 5.07. The first-order valence-corrected chi connectivity index (χ1v) is 9.25. The summed E-state index contributed by atoms with van der Waals surface area (Å²) in [5, 5.41) is 0. The van der Waals surface area contributed by atoms with Crippen LogP contribution < -0.4 is 0 Å². The molecular weight excluding hydrogens is 350 g/mol. The van der Waals surface area contributed by atoms with Crippen molar-refractivity contribution >= 4 is 0 Å². The van der Waals surface area contributed by atoms with Crippen molar-refractivity contribution < 1.29 is 8.78 Å². The minimum Gasteiger partial charge on any atom is -0.203 e. The smallest absolute Gasteiger partial charge is 0.166 e. The van der Waals surface area contributed by atoms with Crippen LogP contribution in [0.2, 0.25) is 0 Å². The fourth-order valence-corrected chi connectivity index (χ4v) is 3.31. The Morgan fingerprint density at radius 3 is 1.29 bits per heavy atom. The molecule has 28 heavy (non-hydrogen) atoms. The molecule has 0 N–H and O–H groups in total. The second-order valence-electron chi connectivity index (χ2n) is 7.08. The molecule has 0 unspecified atom stereocenters. The van der Waals surface area contributed by atoms with Gasteiger partial charge in [-0.05, 0) is 47.2 Å². The van der Waals surface area contributed by atoms with Crippen molar-refractivity contribution in [3.8, 4) is 33.4 Å². The van der Waals surface area contributed by atoms with E-state index in [-0.39, 0.29) is 5.56 Å². The van der Waals surface area contributed by atoms with Crippen LogP contribution in [-0.2, 0) is 0 Å². The van der Waals surface area contributed by atoms with Crippen LogP contribution in [0.5, 0.6) is 0 Å². The van der Waals surface area contributed by atoms with Crippen molar-refractivity contribution in [1.29, 1.82) is 0 Å². The van der Waals surface area contributed by atoms with E-state index in [9.17, 15) is 8.78 Å². The van der Waals surface area contributed by atoms with E-state index in [0.717, 1.165) is 16.7 Å². The maximum atomic E-state index is 14.2. The number of hydrogen-bond acceptors (Lipinski definition) is 0. The summed E-state index contributed by atoms with van der Waals surface area (Å²) < 4.78 is 28.1. The van der Waals surface area contributed by atoms with Crippen molar-refractivity contribution in [2.24, 2.45) is 0 Å². The average Bonchev–Trinajstić information content (AvgIpc) is 2.73. The van der Waals surface area contributed by atoms with Crippen molar-refractivity contribution in [1.82, 2.24) is 0 Å². The van der Waals surface area contributed by atoms with Gasteiger partial charge in [0.2, 0.25) is 0 Å². The lowest BCUT2D eigenvalue weighted by Crippen LogP contribution is -1.93. The van der Waals surface area contributed by atoms with Crippen LogP contribution in [-0.4, -0.2) is 0 Å². The Morgan fingerprint density at radius 1 is 0.429 bits per heavy atom. The number of rotatable bonds is 3. The molecule has 0 bridgehead atoms. The molecular formula is C26H20F2. The Hall–Kier alpha value is -3.26. The van der Waals surface area contributed by atoms with Crippen LogP contribution >= 0.6 is 0 Å². The van der Waals surface area contributed by atoms with Crippen molar-refractivity contribution in [2.75, 3.05) is 0 Å². The Kier molecular flexibility index (Phi) is 4.79. The molecule has 0 spiro atoms. The van der Waals surface area contributed by atoms with Gasteiger partial charge in [0.1, 0.15) is 0 Å². The van der Waals surface area contributed by atoms with Crippen LogP contribution in [0.4, 0.5) is 8.78 Å². The largest absolute Gasteiger partial charge is 0.203 e. The highest BCUT2D eigenvalue weighted by Gasteiger charge is 2.12. The van der Waals surface area contributed by atoms with E-state index in [1.54, 1.807) is 19.1 Å². The second kappa shape index (κ2) is 7.40. The molecule has 0 atom stereocenters. The van der Waals surface area contributed by atoms with Gasteiger partial charge >= 0.3 is 0 Å². The zero-order valence-corrected chi connectivity index (χ0v) is 15.8. The van der Waals surface area contributed by atoms with Crippen LogP contribution in [0.3, 0.4) is 0 Å². The van der Waals surface area contributed by atoms with E-state index >= 15 is 0 Å². The lowest BCUT2D eigenvalue weighted by Gasteiger charge is -2.09. The van der Waals surface area contributed by atoms with E-state index in [0.29, 0.717) is 11.1 Å². The molecule has 0 amide bonds. The van der Waals surface area contributed by atoms with Gasteiger partial charge in [0.15, 0.2) is 11.6 Å². The Balaban J connectivity index is 1.61. The summed E-state index contributed by atoms with van der Waals surface area (Å²) in [6.45, 7) is 3.64. The standard InChI is InChI=1S/C26H20F2/c1-17-3-6-19(7-4-17)20-8-10-21(11-9-20)22-12-14-23(15-13-22)24-16-5-18(2)25(27)26(24)28/h3-16H,1-2H3. The second-order valence-corrected chi connectivity index (χ2v) is 7.08. The molecule has 0 aromatic heterocycles. The first-order valence-electron chi connectivity index (χ1n) is 9.25. The molecule has 0 heterocycles. The first-order chi connectivity index (χ1) is 13.5. The Morgan fingerprint density at radius 2 is 0.821 bits per heavy atom. The maximum Gasteiger partial charge on any atom is 0.166 e. The molecule has 0 aliphatic rings. The zero-order valence-electron chi connectivity index (χ0n) is 15.8. The van der Waals surface area contributed by atoms with Gasteiger partial charge in [0.25, 0.3) is 0 Å². The quantitative estimate of drug-likeness (QED) is 0.349. The minimum atomic E-state index is -0.796. The highest BCUT2D eigenvalue weighted by atomic mass is 19.2. The molecule has 4 rings (SSSR count). The van der Waals surface area contributed by atoms with E-state index in [2.05, 4.69) is 55.5 Å². The van der Waals surface area contributed by atoms with Gasteiger partial charge in [-0.3, -0.25) is 0 Å². The van der Waals surface area contributed by atoms with Crippen molar-refractivity contribution in [2.45, 2.75) is 13.8 Å². The van der Waals surface area contributed by atoms with Crippen LogP contribution in [0.25, 0.3) is 33.4 Å². The topological polar surface area (TPSA) is 0 Å². The van der Waals surface area contributed by atoms with Gasteiger partial charge in [-0.1, -0.05) is 90.5 Å². The summed E-state index contributed by atoms with van der Waals surface area (Å²) in [6.07, 6.45) is 0. The summed E-state index contributed by atoms with van der Waals surface area (Å²) in [5.74, 6) is -1.58. The van der Waals surface area contributed by atoms with E-state index in [4.69, 9.17) is 0 Å². The Labute approximate surface area is 164 Å². The van der Waals surface area contributed by atoms with Crippen molar-refractivity contribution in [3.63, 3.8) is 0 Å². The molecule has 0 radical (unpaired) electrons. The molecule has 0 nitrogen and oxygen atoms in total. The van der Waals surface area contributed by atoms with Crippen LogP contribution in [0.1, 0.15) is 11.1 Å². The van der Waals surface area contributed by atoms with Crippen LogP contribution in [0.15, 0.2) is 84.9 Å². The van der Waals surface area contributed by atoms with E-state index < -0.39 is 11.6 Å². The average molecular weight is 370 g/mol. The summed E-state index contributed by atoms with van der Waals surface area (Å²) in [5.41, 5.74) is 6.96. The third kappa shape index (κ3) is 3.46. The highest BCUT2D eigenvalue weighted by molar-refractivity contribution is 5.73. The Bertz CT molecular complexity index is 1110. The van der Waals surface area contributed by atoms with E-state index in [1.165, 1.54) is 11.1 Å². The zero-order chi connectivity index (χ0) is 19.7. The van der Waals surface area contributed by atoms with E-state index in [1.807, 2.05) is 24.3 Å². The SMILES string of the molecule is Cc1ccc(-c2ccc(-c3ccc(-c4ccc(C)c(F)c4F)cc3)cc2)cc1. The van der Waals surface area contributed by atoms with Gasteiger partial charge in [0, 0.05) is 5.56 Å². The fraction of sp³-hybridized carbons (Fsp3) is 0.0769. The molecule has 138 valence electrons. The van der Waals surface area contributed by atoms with Gasteiger partial charge in [-0.2, -0.15) is 0 Å². The van der Waals surface area contributed by atoms with Gasteiger partial charge in [0.05, 0.1) is 0 Å². The monoisotopic (exact) mass is 370 g/mol. The van der Waals surface area contributed by atoms with Crippen molar-refractivity contribution in [3.05, 3.63) is 108 Å². The molecule has 0 saturated heterocycles. The maximum absolute atomic E-state index is 14.2. The lowest BCUT2D eigenvalue weighted by atomic mass is 9.97. The summed E-state index contributed by atoms with van der Waals surface area (Å²) >= 11 is 0. The molecule has 2 heteroatoms.